The minimum Gasteiger partial charge on any atom is -0.492 e. The third kappa shape index (κ3) is 5.68. The van der Waals surface area contributed by atoms with Crippen molar-refractivity contribution in [3.05, 3.63) is 132 Å². The number of hydrogen-bond acceptors (Lipinski definition) is 3. The lowest BCUT2D eigenvalue weighted by molar-refractivity contribution is -0.118. The maximum atomic E-state index is 13.6. The van der Waals surface area contributed by atoms with Crippen LogP contribution in [-0.2, 0) is 4.79 Å². The molecule has 4 aromatic rings. The quantitative estimate of drug-likeness (QED) is 0.331. The zero-order valence-corrected chi connectivity index (χ0v) is 18.6. The van der Waals surface area contributed by atoms with Gasteiger partial charge in [-0.1, -0.05) is 103 Å². The molecular formula is C29H28N2O2. The Morgan fingerprint density at radius 1 is 0.697 bits per heavy atom. The molecule has 0 aliphatic carbocycles. The van der Waals surface area contributed by atoms with E-state index in [2.05, 4.69) is 34.9 Å². The maximum Gasteiger partial charge on any atom is 0.246 e. The van der Waals surface area contributed by atoms with E-state index in [0.717, 1.165) is 16.7 Å². The monoisotopic (exact) mass is 436 g/mol. The standard InChI is InChI=1S/C29H28N2O2/c1-2-33-26-21-13-12-20-25(26)30-29(32)28(24-18-10-5-11-19-24)31-27(22-14-6-3-7-15-22)23-16-8-4-9-17-23/h3-21,27-28,31H,2H2,1H3,(H,30,32). The predicted octanol–water partition coefficient (Wildman–Crippen LogP) is 6.14. The van der Waals surface area contributed by atoms with Crippen LogP contribution in [0.2, 0.25) is 0 Å². The van der Waals surface area contributed by atoms with Gasteiger partial charge in [-0.3, -0.25) is 10.1 Å². The van der Waals surface area contributed by atoms with Crippen LogP contribution in [0.25, 0.3) is 0 Å². The number of rotatable bonds is 9. The molecule has 33 heavy (non-hydrogen) atoms. The van der Waals surface area contributed by atoms with Crippen LogP contribution in [0, 0.1) is 0 Å². The van der Waals surface area contributed by atoms with E-state index >= 15 is 0 Å². The van der Waals surface area contributed by atoms with Crippen molar-refractivity contribution in [2.45, 2.75) is 19.0 Å². The lowest BCUT2D eigenvalue weighted by Gasteiger charge is -2.27. The van der Waals surface area contributed by atoms with Gasteiger partial charge < -0.3 is 10.1 Å². The summed E-state index contributed by atoms with van der Waals surface area (Å²) in [4.78, 5) is 13.6. The van der Waals surface area contributed by atoms with Crippen molar-refractivity contribution < 1.29 is 9.53 Å². The lowest BCUT2D eigenvalue weighted by Crippen LogP contribution is -2.36. The van der Waals surface area contributed by atoms with E-state index in [1.165, 1.54) is 0 Å². The fourth-order valence-electron chi connectivity index (χ4n) is 3.87. The Morgan fingerprint density at radius 3 is 1.73 bits per heavy atom. The van der Waals surface area contributed by atoms with Gasteiger partial charge in [0, 0.05) is 0 Å². The number of hydrogen-bond donors (Lipinski definition) is 2. The van der Waals surface area contributed by atoms with E-state index < -0.39 is 6.04 Å². The fourth-order valence-corrected chi connectivity index (χ4v) is 3.87. The summed E-state index contributed by atoms with van der Waals surface area (Å²) >= 11 is 0. The molecule has 0 saturated carbocycles. The van der Waals surface area contributed by atoms with Crippen LogP contribution >= 0.6 is 0 Å². The van der Waals surface area contributed by atoms with Gasteiger partial charge in [-0.15, -0.1) is 0 Å². The Kier molecular flexibility index (Phi) is 7.52. The normalized spacial score (nSPS) is 11.7. The Morgan fingerprint density at radius 2 is 1.18 bits per heavy atom. The van der Waals surface area contributed by atoms with E-state index in [0.29, 0.717) is 18.0 Å². The molecule has 4 rings (SSSR count). The summed E-state index contributed by atoms with van der Waals surface area (Å²) in [6.07, 6.45) is 0. The molecule has 1 unspecified atom stereocenters. The van der Waals surface area contributed by atoms with Gasteiger partial charge in [0.15, 0.2) is 0 Å². The first-order valence-corrected chi connectivity index (χ1v) is 11.2. The van der Waals surface area contributed by atoms with Crippen LogP contribution in [0.1, 0.15) is 35.7 Å². The van der Waals surface area contributed by atoms with Crippen LogP contribution in [0.3, 0.4) is 0 Å². The molecule has 1 amide bonds. The van der Waals surface area contributed by atoms with E-state index in [-0.39, 0.29) is 11.9 Å². The number of carbonyl (C=O) groups excluding carboxylic acids is 1. The highest BCUT2D eigenvalue weighted by atomic mass is 16.5. The second-order valence-corrected chi connectivity index (χ2v) is 7.68. The van der Waals surface area contributed by atoms with Gasteiger partial charge in [0.2, 0.25) is 5.91 Å². The molecule has 0 saturated heterocycles. The summed E-state index contributed by atoms with van der Waals surface area (Å²) in [5.41, 5.74) is 3.73. The van der Waals surface area contributed by atoms with E-state index in [9.17, 15) is 4.79 Å². The zero-order valence-electron chi connectivity index (χ0n) is 18.6. The zero-order chi connectivity index (χ0) is 22.9. The van der Waals surface area contributed by atoms with E-state index in [1.54, 1.807) is 0 Å². The molecule has 1 atom stereocenters. The number of amides is 1. The van der Waals surface area contributed by atoms with Gasteiger partial charge in [-0.05, 0) is 35.7 Å². The molecule has 0 radical (unpaired) electrons. The first kappa shape index (κ1) is 22.3. The van der Waals surface area contributed by atoms with Crippen molar-refractivity contribution in [3.8, 4) is 5.75 Å². The second kappa shape index (κ2) is 11.1. The third-order valence-electron chi connectivity index (χ3n) is 5.44. The predicted molar refractivity (Wildman–Crippen MR) is 133 cm³/mol. The van der Waals surface area contributed by atoms with Crippen LogP contribution < -0.4 is 15.4 Å². The van der Waals surface area contributed by atoms with Gasteiger partial charge in [0.05, 0.1) is 18.3 Å². The molecule has 4 nitrogen and oxygen atoms in total. The molecule has 0 aliphatic heterocycles. The molecule has 166 valence electrons. The fraction of sp³-hybridized carbons (Fsp3) is 0.138. The van der Waals surface area contributed by atoms with Crippen molar-refractivity contribution in [2.24, 2.45) is 0 Å². The average molecular weight is 437 g/mol. The average Bonchev–Trinajstić information content (AvgIpc) is 2.87. The minimum absolute atomic E-state index is 0.148. The number of nitrogens with one attached hydrogen (secondary N) is 2. The van der Waals surface area contributed by atoms with E-state index in [1.807, 2.05) is 97.9 Å². The summed E-state index contributed by atoms with van der Waals surface area (Å²) < 4.78 is 5.71. The van der Waals surface area contributed by atoms with Crippen molar-refractivity contribution in [3.63, 3.8) is 0 Å². The Bertz CT molecular complexity index is 1110. The van der Waals surface area contributed by atoms with Gasteiger partial charge in [0.1, 0.15) is 11.8 Å². The highest BCUT2D eigenvalue weighted by Crippen LogP contribution is 2.29. The van der Waals surface area contributed by atoms with Crippen LogP contribution in [0.15, 0.2) is 115 Å². The second-order valence-electron chi connectivity index (χ2n) is 7.68. The smallest absolute Gasteiger partial charge is 0.246 e. The first-order chi connectivity index (χ1) is 16.3. The Balaban J connectivity index is 1.69. The molecule has 0 aromatic heterocycles. The highest BCUT2D eigenvalue weighted by Gasteiger charge is 2.26. The molecule has 0 aliphatic rings. The molecule has 0 fully saturated rings. The largest absolute Gasteiger partial charge is 0.492 e. The molecular weight excluding hydrogens is 408 g/mol. The SMILES string of the molecule is CCOc1ccccc1NC(=O)C(NC(c1ccccc1)c1ccccc1)c1ccccc1. The number of anilines is 1. The minimum atomic E-state index is -0.578. The van der Waals surface area contributed by atoms with Gasteiger partial charge in [0.25, 0.3) is 0 Å². The third-order valence-corrected chi connectivity index (χ3v) is 5.44. The summed E-state index contributed by atoms with van der Waals surface area (Å²) in [5, 5.41) is 6.70. The van der Waals surface area contributed by atoms with Crippen molar-refractivity contribution in [1.82, 2.24) is 5.32 Å². The Labute approximate surface area is 195 Å². The van der Waals surface area contributed by atoms with Crippen LogP contribution in [0.4, 0.5) is 5.69 Å². The van der Waals surface area contributed by atoms with Crippen molar-refractivity contribution in [2.75, 3.05) is 11.9 Å². The Hall–Kier alpha value is -3.89. The molecule has 4 aromatic carbocycles. The van der Waals surface area contributed by atoms with Gasteiger partial charge >= 0.3 is 0 Å². The number of carbonyl (C=O) groups is 1. The summed E-state index contributed by atoms with van der Waals surface area (Å²) in [6, 6.07) is 36.9. The highest BCUT2D eigenvalue weighted by molar-refractivity contribution is 5.96. The molecule has 0 spiro atoms. The van der Waals surface area contributed by atoms with Crippen molar-refractivity contribution in [1.29, 1.82) is 0 Å². The molecule has 0 heterocycles. The first-order valence-electron chi connectivity index (χ1n) is 11.2. The van der Waals surface area contributed by atoms with Gasteiger partial charge in [-0.25, -0.2) is 0 Å². The summed E-state index contributed by atoms with van der Waals surface area (Å²) in [5.74, 6) is 0.507. The van der Waals surface area contributed by atoms with Crippen LogP contribution in [0.5, 0.6) is 5.75 Å². The topological polar surface area (TPSA) is 50.4 Å². The number of ether oxygens (including phenoxy) is 1. The van der Waals surface area contributed by atoms with E-state index in [4.69, 9.17) is 4.74 Å². The molecule has 2 N–H and O–H groups in total. The number of para-hydroxylation sites is 2. The molecule has 4 heteroatoms. The van der Waals surface area contributed by atoms with Crippen LogP contribution in [-0.4, -0.2) is 12.5 Å². The summed E-state index contributed by atoms with van der Waals surface area (Å²) in [6.45, 7) is 2.45. The number of benzene rings is 4. The molecule has 0 bridgehead atoms. The van der Waals surface area contributed by atoms with Gasteiger partial charge in [-0.2, -0.15) is 0 Å². The maximum absolute atomic E-state index is 13.6. The summed E-state index contributed by atoms with van der Waals surface area (Å²) in [7, 11) is 0. The van der Waals surface area contributed by atoms with Crippen molar-refractivity contribution >= 4 is 11.6 Å². The lowest BCUT2D eigenvalue weighted by atomic mass is 9.96.